The molecule has 0 unspecified atom stereocenters. The molecule has 0 saturated heterocycles. The first-order valence-corrected chi connectivity index (χ1v) is 14.5. The number of hydrogen-bond acceptors (Lipinski definition) is 12. The van der Waals surface area contributed by atoms with Crippen LogP contribution in [0, 0.1) is 0 Å². The van der Waals surface area contributed by atoms with Crippen molar-refractivity contribution in [3.63, 3.8) is 0 Å². The number of hydrogen-bond donors (Lipinski definition) is 0. The lowest BCUT2D eigenvalue weighted by Crippen LogP contribution is -2.14. The third-order valence-corrected chi connectivity index (χ3v) is 6.12. The van der Waals surface area contributed by atoms with E-state index in [9.17, 15) is 0 Å². The highest BCUT2D eigenvalue weighted by Crippen LogP contribution is 2.35. The quantitative estimate of drug-likeness (QED) is 0.120. The second-order valence-electron chi connectivity index (χ2n) is 9.27. The lowest BCUT2D eigenvalue weighted by Gasteiger charge is -2.15. The Labute approximate surface area is 257 Å². The third-order valence-electron chi connectivity index (χ3n) is 6.12. The number of fused-ring (bicyclic) bond motifs is 1. The van der Waals surface area contributed by atoms with E-state index in [4.69, 9.17) is 47.9 Å². The van der Waals surface area contributed by atoms with E-state index in [2.05, 4.69) is 9.97 Å². The molecule has 0 N–H and O–H groups in total. The highest BCUT2D eigenvalue weighted by molar-refractivity contribution is 5.86. The third kappa shape index (κ3) is 10.7. The van der Waals surface area contributed by atoms with Gasteiger partial charge in [-0.1, -0.05) is 12.1 Å². The summed E-state index contributed by atoms with van der Waals surface area (Å²) in [7, 11) is 3.28. The van der Waals surface area contributed by atoms with Crippen molar-refractivity contribution in [2.24, 2.45) is 0 Å². The minimum Gasteiger partial charge on any atom is -0.487 e. The zero-order valence-electron chi connectivity index (χ0n) is 25.3. The van der Waals surface area contributed by atoms with Crippen molar-refractivity contribution in [1.29, 1.82) is 0 Å². The fourth-order valence-corrected chi connectivity index (χ4v) is 4.00. The molecule has 3 heterocycles. The van der Waals surface area contributed by atoms with Crippen molar-refractivity contribution in [3.05, 3.63) is 60.9 Å². The van der Waals surface area contributed by atoms with Crippen LogP contribution < -0.4 is 9.47 Å². The van der Waals surface area contributed by atoms with Crippen LogP contribution in [0.1, 0.15) is 0 Å². The standard InChI is InChI=1S/C32H40N4O8/c1-37-11-13-39-15-17-41-19-21-43-29-23-27-28(24-30(29)44-22-20-42-18-16-40-14-12-38-2)36-32(26-8-4-6-10-34-26)31(35-27)25-7-3-5-9-33-25/h3-10,23-24H,11-22H2,1-2H3. The van der Waals surface area contributed by atoms with Crippen LogP contribution in [-0.2, 0) is 28.4 Å². The average molecular weight is 609 g/mol. The minimum absolute atomic E-state index is 0.307. The first kappa shape index (κ1) is 33.1. The van der Waals surface area contributed by atoms with E-state index in [1.807, 2.05) is 48.5 Å². The predicted octanol–water partition coefficient (Wildman–Crippen LogP) is 3.87. The van der Waals surface area contributed by atoms with Gasteiger partial charge in [-0.3, -0.25) is 9.97 Å². The summed E-state index contributed by atoms with van der Waals surface area (Å²) in [4.78, 5) is 19.0. The molecule has 4 rings (SSSR count). The van der Waals surface area contributed by atoms with Crippen LogP contribution in [0.2, 0.25) is 0 Å². The minimum atomic E-state index is 0.307. The summed E-state index contributed by atoms with van der Waals surface area (Å²) < 4.78 is 44.3. The largest absolute Gasteiger partial charge is 0.487 e. The summed E-state index contributed by atoms with van der Waals surface area (Å²) >= 11 is 0. The van der Waals surface area contributed by atoms with E-state index in [1.165, 1.54) is 0 Å². The van der Waals surface area contributed by atoms with Gasteiger partial charge in [-0.2, -0.15) is 0 Å². The highest BCUT2D eigenvalue weighted by atomic mass is 16.6. The van der Waals surface area contributed by atoms with Crippen molar-refractivity contribution in [1.82, 2.24) is 19.9 Å². The zero-order valence-corrected chi connectivity index (χ0v) is 25.3. The van der Waals surface area contributed by atoms with Crippen molar-refractivity contribution >= 4 is 11.0 Å². The molecule has 1 aromatic carbocycles. The van der Waals surface area contributed by atoms with Gasteiger partial charge in [-0.05, 0) is 24.3 Å². The molecule has 236 valence electrons. The van der Waals surface area contributed by atoms with Crippen molar-refractivity contribution in [2.45, 2.75) is 0 Å². The maximum atomic E-state index is 6.10. The van der Waals surface area contributed by atoms with Gasteiger partial charge in [-0.25, -0.2) is 9.97 Å². The molecule has 0 atom stereocenters. The first-order chi connectivity index (χ1) is 21.8. The van der Waals surface area contributed by atoms with Gasteiger partial charge in [0.15, 0.2) is 11.5 Å². The van der Waals surface area contributed by atoms with Gasteiger partial charge < -0.3 is 37.9 Å². The number of pyridine rings is 2. The Morgan fingerprint density at radius 3 is 1.23 bits per heavy atom. The monoisotopic (exact) mass is 608 g/mol. The second-order valence-corrected chi connectivity index (χ2v) is 9.27. The van der Waals surface area contributed by atoms with Gasteiger partial charge in [0.25, 0.3) is 0 Å². The molecule has 0 amide bonds. The van der Waals surface area contributed by atoms with Crippen molar-refractivity contribution in [3.8, 4) is 34.3 Å². The maximum Gasteiger partial charge on any atom is 0.163 e. The maximum absolute atomic E-state index is 6.10. The van der Waals surface area contributed by atoms with Crippen LogP contribution in [0.3, 0.4) is 0 Å². The van der Waals surface area contributed by atoms with Crippen LogP contribution in [0.25, 0.3) is 33.8 Å². The fraction of sp³-hybridized carbons (Fsp3) is 0.438. The average Bonchev–Trinajstić information content (AvgIpc) is 3.07. The Hall–Kier alpha value is -3.78. The summed E-state index contributed by atoms with van der Waals surface area (Å²) in [6, 6.07) is 15.0. The van der Waals surface area contributed by atoms with Crippen LogP contribution in [-0.4, -0.2) is 113 Å². The molecule has 0 aliphatic carbocycles. The van der Waals surface area contributed by atoms with Crippen molar-refractivity contribution < 1.29 is 37.9 Å². The van der Waals surface area contributed by atoms with E-state index in [0.717, 1.165) is 0 Å². The molecule has 0 aliphatic heterocycles. The molecule has 4 aromatic rings. The molecule has 0 spiro atoms. The number of benzene rings is 1. The summed E-state index contributed by atoms with van der Waals surface area (Å²) in [5.74, 6) is 1.04. The van der Waals surface area contributed by atoms with E-state index >= 15 is 0 Å². The molecular formula is C32H40N4O8. The van der Waals surface area contributed by atoms with Gasteiger partial charge in [-0.15, -0.1) is 0 Å². The lowest BCUT2D eigenvalue weighted by atomic mass is 10.1. The summed E-state index contributed by atoms with van der Waals surface area (Å²) in [5, 5.41) is 0. The summed E-state index contributed by atoms with van der Waals surface area (Å²) in [6.45, 7) is 5.40. The second kappa shape index (κ2) is 19.5. The van der Waals surface area contributed by atoms with Gasteiger partial charge in [0.1, 0.15) is 24.6 Å². The van der Waals surface area contributed by atoms with Gasteiger partial charge in [0.2, 0.25) is 0 Å². The molecule has 0 aliphatic rings. The van der Waals surface area contributed by atoms with Crippen LogP contribution in [0.4, 0.5) is 0 Å². The molecule has 44 heavy (non-hydrogen) atoms. The number of rotatable bonds is 22. The van der Waals surface area contributed by atoms with E-state index in [1.54, 1.807) is 26.6 Å². The van der Waals surface area contributed by atoms with E-state index < -0.39 is 0 Å². The van der Waals surface area contributed by atoms with E-state index in [0.29, 0.717) is 125 Å². The number of ether oxygens (including phenoxy) is 8. The Bertz CT molecular complexity index is 1260. The summed E-state index contributed by atoms with van der Waals surface area (Å²) in [6.07, 6.45) is 3.46. The topological polar surface area (TPSA) is 125 Å². The predicted molar refractivity (Wildman–Crippen MR) is 164 cm³/mol. The zero-order chi connectivity index (χ0) is 30.7. The molecule has 3 aromatic heterocycles. The van der Waals surface area contributed by atoms with Crippen molar-refractivity contribution in [2.75, 3.05) is 93.5 Å². The van der Waals surface area contributed by atoms with Crippen LogP contribution in [0.5, 0.6) is 11.5 Å². The Morgan fingerprint density at radius 2 is 0.864 bits per heavy atom. The molecule has 12 nitrogen and oxygen atoms in total. The molecule has 0 fully saturated rings. The first-order valence-electron chi connectivity index (χ1n) is 14.5. The Balaban J connectivity index is 1.49. The Kier molecular flexibility index (Phi) is 14.7. The molecule has 0 radical (unpaired) electrons. The molecule has 0 bridgehead atoms. The summed E-state index contributed by atoms with van der Waals surface area (Å²) in [5.41, 5.74) is 3.88. The number of methoxy groups -OCH3 is 2. The van der Waals surface area contributed by atoms with Crippen LogP contribution in [0.15, 0.2) is 60.9 Å². The lowest BCUT2D eigenvalue weighted by molar-refractivity contribution is 0.0160. The van der Waals surface area contributed by atoms with Crippen LogP contribution >= 0.6 is 0 Å². The smallest absolute Gasteiger partial charge is 0.163 e. The highest BCUT2D eigenvalue weighted by Gasteiger charge is 2.18. The van der Waals surface area contributed by atoms with E-state index in [-0.39, 0.29) is 0 Å². The normalized spacial score (nSPS) is 11.2. The molecule has 0 saturated carbocycles. The molecule has 12 heteroatoms. The van der Waals surface area contributed by atoms with Gasteiger partial charge in [0, 0.05) is 38.7 Å². The van der Waals surface area contributed by atoms with Gasteiger partial charge in [0.05, 0.1) is 88.5 Å². The SMILES string of the molecule is COCCOCCOCCOc1cc2nc(-c3ccccn3)c(-c3ccccn3)nc2cc1OCCOCCOCCOC. The number of aromatic nitrogens is 4. The molecular weight excluding hydrogens is 568 g/mol. The number of nitrogens with zero attached hydrogens (tertiary/aromatic N) is 4. The fourth-order valence-electron chi connectivity index (χ4n) is 4.00. The Morgan fingerprint density at radius 1 is 0.477 bits per heavy atom. The van der Waals surface area contributed by atoms with Gasteiger partial charge >= 0.3 is 0 Å².